The molecule has 0 radical (unpaired) electrons. The molecule has 0 heterocycles. The molecule has 0 spiro atoms. The minimum Gasteiger partial charge on any atom is -0.508 e. The molecule has 0 saturated carbocycles. The molecule has 2 aromatic rings. The first kappa shape index (κ1) is 18.5. The number of amides is 1. The lowest BCUT2D eigenvalue weighted by Gasteiger charge is -2.07. The van der Waals surface area contributed by atoms with Gasteiger partial charge >= 0.3 is 0 Å². The van der Waals surface area contributed by atoms with Gasteiger partial charge in [0, 0.05) is 5.69 Å². The average Bonchev–Trinajstić information content (AvgIpc) is 2.60. The molecule has 126 valence electrons. The number of benzene rings is 2. The average molecular weight is 446 g/mol. The molecule has 0 bridgehead atoms. The van der Waals surface area contributed by atoms with Crippen molar-refractivity contribution >= 4 is 40.3 Å². The van der Waals surface area contributed by atoms with Crippen LogP contribution in [0.5, 0.6) is 11.5 Å². The van der Waals surface area contributed by atoms with Crippen LogP contribution < -0.4 is 10.1 Å². The summed E-state index contributed by atoms with van der Waals surface area (Å²) in [6, 6.07) is 13.3. The molecule has 0 fully saturated rings. The van der Waals surface area contributed by atoms with Crippen LogP contribution in [0.2, 0.25) is 0 Å². The number of rotatable bonds is 6. The summed E-state index contributed by atoms with van der Waals surface area (Å²) in [5.41, 5.74) is 1.18. The Bertz CT molecular complexity index is 852. The third kappa shape index (κ3) is 5.36. The summed E-state index contributed by atoms with van der Waals surface area (Å²) >= 11 is 2.13. The minimum atomic E-state index is -0.518. The topological polar surface area (TPSA) is 82.3 Å². The highest BCUT2D eigenvalue weighted by molar-refractivity contribution is 14.1. The van der Waals surface area contributed by atoms with Crippen LogP contribution in [0.3, 0.4) is 0 Å². The number of hydrogen-bond acceptors (Lipinski definition) is 4. The highest BCUT2D eigenvalue weighted by Gasteiger charge is 2.10. The lowest BCUT2D eigenvalue weighted by Crippen LogP contribution is -2.13. The molecule has 0 atom stereocenters. The van der Waals surface area contributed by atoms with Gasteiger partial charge in [-0.2, -0.15) is 5.26 Å². The molecular formula is C19H15IN2O3. The Balaban J connectivity index is 2.17. The fourth-order valence-electron chi connectivity index (χ4n) is 1.93. The molecule has 0 aromatic heterocycles. The van der Waals surface area contributed by atoms with Gasteiger partial charge in [0.25, 0.3) is 5.91 Å². The number of hydrogen-bond donors (Lipinski definition) is 2. The molecule has 6 heteroatoms. The van der Waals surface area contributed by atoms with E-state index in [-0.39, 0.29) is 11.3 Å². The molecule has 2 N–H and O–H groups in total. The first-order valence-corrected chi connectivity index (χ1v) is 8.37. The maximum absolute atomic E-state index is 12.2. The summed E-state index contributed by atoms with van der Waals surface area (Å²) in [6.07, 6.45) is 3.17. The van der Waals surface area contributed by atoms with Gasteiger partial charge in [0.15, 0.2) is 0 Å². The highest BCUT2D eigenvalue weighted by atomic mass is 127. The standard InChI is InChI=1S/C19H15IN2O3/c1-2-9-25-18-8-3-13(11-17(18)20)10-14(12-21)19(24)22-15-4-6-16(23)7-5-15/h2-8,10-11,23H,1,9H2,(H,22,24)/b14-10+. The van der Waals surface area contributed by atoms with Crippen LogP contribution in [0.25, 0.3) is 6.08 Å². The number of ether oxygens (including phenoxy) is 1. The van der Waals surface area contributed by atoms with Crippen molar-refractivity contribution in [1.82, 2.24) is 0 Å². The van der Waals surface area contributed by atoms with E-state index in [9.17, 15) is 15.2 Å². The molecule has 0 aliphatic heterocycles. The van der Waals surface area contributed by atoms with Gasteiger partial charge in [-0.1, -0.05) is 18.7 Å². The zero-order valence-electron chi connectivity index (χ0n) is 13.2. The summed E-state index contributed by atoms with van der Waals surface area (Å²) in [7, 11) is 0. The summed E-state index contributed by atoms with van der Waals surface area (Å²) in [6.45, 7) is 4.01. The molecule has 1 amide bonds. The predicted octanol–water partition coefficient (Wildman–Crippen LogP) is 4.11. The number of phenolic OH excluding ortho intramolecular Hbond substituents is 1. The quantitative estimate of drug-likeness (QED) is 0.230. The van der Waals surface area contributed by atoms with Crippen molar-refractivity contribution in [3.8, 4) is 17.6 Å². The Kier molecular flexibility index (Phi) is 6.60. The van der Waals surface area contributed by atoms with Crippen molar-refractivity contribution in [2.24, 2.45) is 0 Å². The van der Waals surface area contributed by atoms with Crippen LogP contribution in [-0.4, -0.2) is 17.6 Å². The van der Waals surface area contributed by atoms with Crippen molar-refractivity contribution in [3.63, 3.8) is 0 Å². The normalized spacial score (nSPS) is 10.6. The van der Waals surface area contributed by atoms with Gasteiger partial charge in [0.05, 0.1) is 3.57 Å². The van der Waals surface area contributed by atoms with Gasteiger partial charge in [-0.25, -0.2) is 0 Å². The van der Waals surface area contributed by atoms with Gasteiger partial charge in [-0.15, -0.1) is 0 Å². The molecule has 25 heavy (non-hydrogen) atoms. The molecular weight excluding hydrogens is 431 g/mol. The van der Waals surface area contributed by atoms with E-state index in [0.29, 0.717) is 23.6 Å². The maximum Gasteiger partial charge on any atom is 0.266 e. The van der Waals surface area contributed by atoms with E-state index in [2.05, 4.69) is 34.5 Å². The van der Waals surface area contributed by atoms with E-state index in [1.54, 1.807) is 30.3 Å². The maximum atomic E-state index is 12.2. The number of carbonyl (C=O) groups excluding carboxylic acids is 1. The number of phenols is 1. The number of halogens is 1. The fraction of sp³-hybridized carbons (Fsp3) is 0.0526. The Morgan fingerprint density at radius 3 is 2.64 bits per heavy atom. The second-order valence-corrected chi connectivity index (χ2v) is 6.12. The van der Waals surface area contributed by atoms with E-state index < -0.39 is 5.91 Å². The van der Waals surface area contributed by atoms with E-state index in [1.165, 1.54) is 18.2 Å². The number of nitriles is 1. The number of carbonyl (C=O) groups is 1. The van der Waals surface area contributed by atoms with Crippen LogP contribution in [0.15, 0.2) is 60.7 Å². The number of aromatic hydroxyl groups is 1. The van der Waals surface area contributed by atoms with Crippen LogP contribution in [0, 0.1) is 14.9 Å². The van der Waals surface area contributed by atoms with Gasteiger partial charge in [-0.3, -0.25) is 4.79 Å². The summed E-state index contributed by atoms with van der Waals surface area (Å²) in [5.74, 6) is 0.294. The fourth-order valence-corrected chi connectivity index (χ4v) is 2.63. The monoisotopic (exact) mass is 446 g/mol. The molecule has 0 saturated heterocycles. The number of nitrogens with zero attached hydrogens (tertiary/aromatic N) is 1. The SMILES string of the molecule is C=CCOc1ccc(/C=C(\C#N)C(=O)Nc2ccc(O)cc2)cc1I. The minimum absolute atomic E-state index is 0.0244. The van der Waals surface area contributed by atoms with Crippen LogP contribution in [0.4, 0.5) is 5.69 Å². The lowest BCUT2D eigenvalue weighted by molar-refractivity contribution is -0.112. The van der Waals surface area contributed by atoms with Crippen molar-refractivity contribution in [1.29, 1.82) is 5.26 Å². The van der Waals surface area contributed by atoms with Crippen molar-refractivity contribution < 1.29 is 14.6 Å². The smallest absolute Gasteiger partial charge is 0.266 e. The van der Waals surface area contributed by atoms with Gasteiger partial charge < -0.3 is 15.2 Å². The molecule has 0 unspecified atom stereocenters. The van der Waals surface area contributed by atoms with Crippen molar-refractivity contribution in [3.05, 3.63) is 69.8 Å². The largest absolute Gasteiger partial charge is 0.508 e. The second kappa shape index (κ2) is 8.89. The summed E-state index contributed by atoms with van der Waals surface area (Å²) < 4.78 is 6.36. The Morgan fingerprint density at radius 2 is 2.04 bits per heavy atom. The summed E-state index contributed by atoms with van der Waals surface area (Å²) in [4.78, 5) is 12.2. The Labute approximate surface area is 159 Å². The zero-order chi connectivity index (χ0) is 18.2. The van der Waals surface area contributed by atoms with Gasteiger partial charge in [0.1, 0.15) is 29.7 Å². The van der Waals surface area contributed by atoms with Crippen molar-refractivity contribution in [2.45, 2.75) is 0 Å². The van der Waals surface area contributed by atoms with E-state index in [0.717, 1.165) is 3.57 Å². The van der Waals surface area contributed by atoms with Gasteiger partial charge in [-0.05, 0) is 70.6 Å². The van der Waals surface area contributed by atoms with Gasteiger partial charge in [0.2, 0.25) is 0 Å². The summed E-state index contributed by atoms with van der Waals surface area (Å²) in [5, 5.41) is 21.1. The van der Waals surface area contributed by atoms with Crippen LogP contribution in [-0.2, 0) is 4.79 Å². The van der Waals surface area contributed by atoms with Crippen LogP contribution >= 0.6 is 22.6 Å². The van der Waals surface area contributed by atoms with E-state index >= 15 is 0 Å². The van der Waals surface area contributed by atoms with E-state index in [4.69, 9.17) is 4.74 Å². The van der Waals surface area contributed by atoms with E-state index in [1.807, 2.05) is 12.1 Å². The first-order chi connectivity index (χ1) is 12.0. The third-order valence-corrected chi connectivity index (χ3v) is 3.96. The lowest BCUT2D eigenvalue weighted by atomic mass is 10.1. The Hall–Kier alpha value is -2.79. The predicted molar refractivity (Wildman–Crippen MR) is 105 cm³/mol. The first-order valence-electron chi connectivity index (χ1n) is 7.29. The number of nitrogens with one attached hydrogen (secondary N) is 1. The third-order valence-electron chi connectivity index (χ3n) is 3.11. The second-order valence-electron chi connectivity index (χ2n) is 4.96. The Morgan fingerprint density at radius 1 is 1.32 bits per heavy atom. The number of anilines is 1. The molecule has 0 aliphatic carbocycles. The molecule has 2 rings (SSSR count). The van der Waals surface area contributed by atoms with Crippen LogP contribution in [0.1, 0.15) is 5.56 Å². The highest BCUT2D eigenvalue weighted by Crippen LogP contribution is 2.23. The molecule has 5 nitrogen and oxygen atoms in total. The molecule has 2 aromatic carbocycles. The molecule has 0 aliphatic rings. The zero-order valence-corrected chi connectivity index (χ0v) is 15.4. The van der Waals surface area contributed by atoms with Crippen molar-refractivity contribution in [2.75, 3.05) is 11.9 Å².